The summed E-state index contributed by atoms with van der Waals surface area (Å²) in [7, 11) is 3.55. The fraction of sp³-hybridized carbons (Fsp3) is 0.261. The van der Waals surface area contributed by atoms with E-state index >= 15 is 0 Å². The fourth-order valence-corrected chi connectivity index (χ4v) is 3.22. The first-order valence-electron chi connectivity index (χ1n) is 9.36. The second-order valence-electron chi connectivity index (χ2n) is 6.67. The molecule has 0 bridgehead atoms. The highest BCUT2D eigenvalue weighted by Gasteiger charge is 2.11. The van der Waals surface area contributed by atoms with Gasteiger partial charge in [0.2, 0.25) is 5.91 Å². The van der Waals surface area contributed by atoms with E-state index in [9.17, 15) is 4.79 Å². The maximum Gasteiger partial charge on any atom is 0.238 e. The lowest BCUT2D eigenvalue weighted by atomic mass is 10.1. The van der Waals surface area contributed by atoms with Crippen LogP contribution in [0.2, 0.25) is 0 Å². The Morgan fingerprint density at radius 3 is 2.61 bits per heavy atom. The van der Waals surface area contributed by atoms with Crippen molar-refractivity contribution in [2.24, 2.45) is 0 Å². The summed E-state index contributed by atoms with van der Waals surface area (Å²) in [6.45, 7) is 3.45. The normalized spacial score (nSPS) is 10.9. The summed E-state index contributed by atoms with van der Waals surface area (Å²) in [6.07, 6.45) is 0. The highest BCUT2D eigenvalue weighted by Crippen LogP contribution is 2.28. The molecule has 0 aliphatic heterocycles. The maximum atomic E-state index is 12.5. The van der Waals surface area contributed by atoms with Gasteiger partial charge in [-0.2, -0.15) is 0 Å². The van der Waals surface area contributed by atoms with Crippen LogP contribution in [-0.4, -0.2) is 38.1 Å². The lowest BCUT2D eigenvalue weighted by Crippen LogP contribution is -2.29. The number of benzene rings is 3. The van der Waals surface area contributed by atoms with Gasteiger partial charge in [0.1, 0.15) is 0 Å². The van der Waals surface area contributed by atoms with Crippen LogP contribution in [0.1, 0.15) is 12.5 Å². The second-order valence-corrected chi connectivity index (χ2v) is 6.67. The number of fused-ring (bicyclic) bond motifs is 1. The number of nitrogens with zero attached hydrogens (tertiary/aromatic N) is 1. The summed E-state index contributed by atoms with van der Waals surface area (Å²) in [5.41, 5.74) is 1.89. The van der Waals surface area contributed by atoms with Gasteiger partial charge in [-0.15, -0.1) is 0 Å². The van der Waals surface area contributed by atoms with Crippen molar-refractivity contribution in [2.75, 3.05) is 32.6 Å². The van der Waals surface area contributed by atoms with Crippen molar-refractivity contribution in [2.45, 2.75) is 13.5 Å². The van der Waals surface area contributed by atoms with Crippen LogP contribution in [0.15, 0.2) is 60.7 Å². The number of carbonyl (C=O) groups excluding carboxylic acids is 1. The van der Waals surface area contributed by atoms with Crippen molar-refractivity contribution in [1.82, 2.24) is 4.90 Å². The Labute approximate surface area is 165 Å². The average molecular weight is 378 g/mol. The Morgan fingerprint density at radius 1 is 1.04 bits per heavy atom. The molecule has 0 saturated carbocycles. The monoisotopic (exact) mass is 378 g/mol. The molecular weight excluding hydrogens is 352 g/mol. The number of rotatable bonds is 8. The van der Waals surface area contributed by atoms with Crippen LogP contribution in [-0.2, 0) is 11.3 Å². The van der Waals surface area contributed by atoms with Crippen molar-refractivity contribution in [3.05, 3.63) is 66.2 Å². The standard InChI is InChI=1S/C23H26N2O3/c1-4-28-21-13-12-17(14-22(21)27-3)15-25(2)16-23(26)24-20-11-7-9-18-8-5-6-10-19(18)20/h5-14H,4,15-16H2,1-3H3,(H,24,26). The first kappa shape index (κ1) is 19.7. The zero-order valence-corrected chi connectivity index (χ0v) is 16.6. The van der Waals surface area contributed by atoms with E-state index in [1.54, 1.807) is 7.11 Å². The van der Waals surface area contributed by atoms with Crippen molar-refractivity contribution in [3.63, 3.8) is 0 Å². The summed E-state index contributed by atoms with van der Waals surface area (Å²) < 4.78 is 10.9. The second kappa shape index (κ2) is 9.24. The number of methoxy groups -OCH3 is 1. The molecule has 0 heterocycles. The number of amides is 1. The fourth-order valence-electron chi connectivity index (χ4n) is 3.22. The summed E-state index contributed by atoms with van der Waals surface area (Å²) in [5, 5.41) is 5.17. The van der Waals surface area contributed by atoms with Gasteiger partial charge in [-0.25, -0.2) is 0 Å². The van der Waals surface area contributed by atoms with E-state index in [2.05, 4.69) is 5.32 Å². The molecule has 0 aromatic heterocycles. The topological polar surface area (TPSA) is 50.8 Å². The Kier molecular flexibility index (Phi) is 6.50. The van der Waals surface area contributed by atoms with Gasteiger partial charge in [0.05, 0.1) is 20.3 Å². The molecule has 28 heavy (non-hydrogen) atoms. The number of anilines is 1. The zero-order valence-electron chi connectivity index (χ0n) is 16.6. The molecule has 5 nitrogen and oxygen atoms in total. The Balaban J connectivity index is 1.63. The highest BCUT2D eigenvalue weighted by atomic mass is 16.5. The molecule has 0 unspecified atom stereocenters. The molecule has 1 amide bonds. The van der Waals surface area contributed by atoms with E-state index in [0.717, 1.165) is 27.8 Å². The minimum atomic E-state index is -0.0447. The zero-order chi connectivity index (χ0) is 19.9. The summed E-state index contributed by atoms with van der Waals surface area (Å²) in [4.78, 5) is 14.5. The molecule has 146 valence electrons. The minimum Gasteiger partial charge on any atom is -0.493 e. The molecule has 3 aromatic rings. The predicted molar refractivity (Wildman–Crippen MR) is 113 cm³/mol. The number of ether oxygens (including phenoxy) is 2. The quantitative estimate of drug-likeness (QED) is 0.634. The van der Waals surface area contributed by atoms with Crippen LogP contribution in [0.4, 0.5) is 5.69 Å². The van der Waals surface area contributed by atoms with Crippen molar-refractivity contribution < 1.29 is 14.3 Å². The van der Waals surface area contributed by atoms with Crippen LogP contribution in [0.25, 0.3) is 10.8 Å². The molecular formula is C23H26N2O3. The maximum absolute atomic E-state index is 12.5. The molecule has 0 aliphatic carbocycles. The molecule has 0 aliphatic rings. The highest BCUT2D eigenvalue weighted by molar-refractivity contribution is 6.02. The molecule has 0 radical (unpaired) electrons. The molecule has 5 heteroatoms. The van der Waals surface area contributed by atoms with Gasteiger partial charge in [-0.05, 0) is 43.1 Å². The van der Waals surface area contributed by atoms with E-state index in [1.165, 1.54) is 0 Å². The molecule has 1 N–H and O–H groups in total. The van der Waals surface area contributed by atoms with Gasteiger partial charge in [0.15, 0.2) is 11.5 Å². The number of nitrogens with one attached hydrogen (secondary N) is 1. The SMILES string of the molecule is CCOc1ccc(CN(C)CC(=O)Nc2cccc3ccccc23)cc1OC. The van der Waals surface area contributed by atoms with Gasteiger partial charge in [-0.3, -0.25) is 9.69 Å². The number of hydrogen-bond acceptors (Lipinski definition) is 4. The van der Waals surface area contributed by atoms with Crippen LogP contribution in [0.3, 0.4) is 0 Å². The molecule has 0 saturated heterocycles. The van der Waals surface area contributed by atoms with Gasteiger partial charge in [0, 0.05) is 17.6 Å². The Bertz CT molecular complexity index is 950. The molecule has 0 atom stereocenters. The molecule has 0 spiro atoms. The lowest BCUT2D eigenvalue weighted by molar-refractivity contribution is -0.117. The summed E-state index contributed by atoms with van der Waals surface area (Å²) in [6, 6.07) is 19.8. The predicted octanol–water partition coefficient (Wildman–Crippen LogP) is 4.32. The first-order valence-corrected chi connectivity index (χ1v) is 9.36. The van der Waals surface area contributed by atoms with Crippen LogP contribution in [0, 0.1) is 0 Å². The first-order chi connectivity index (χ1) is 13.6. The van der Waals surface area contributed by atoms with Gasteiger partial charge in [-0.1, -0.05) is 42.5 Å². The van der Waals surface area contributed by atoms with E-state index < -0.39 is 0 Å². The summed E-state index contributed by atoms with van der Waals surface area (Å²) >= 11 is 0. The third-order valence-electron chi connectivity index (χ3n) is 4.46. The molecule has 0 fully saturated rings. The van der Waals surface area contributed by atoms with Gasteiger partial charge >= 0.3 is 0 Å². The smallest absolute Gasteiger partial charge is 0.238 e. The van der Waals surface area contributed by atoms with Crippen LogP contribution in [0.5, 0.6) is 11.5 Å². The van der Waals surface area contributed by atoms with E-state index in [1.807, 2.05) is 79.5 Å². The molecule has 3 rings (SSSR count). The van der Waals surface area contributed by atoms with E-state index in [-0.39, 0.29) is 5.91 Å². The Morgan fingerprint density at radius 2 is 1.82 bits per heavy atom. The summed E-state index contributed by atoms with van der Waals surface area (Å²) in [5.74, 6) is 1.38. The Hall–Kier alpha value is -3.05. The van der Waals surface area contributed by atoms with Crippen molar-refractivity contribution in [1.29, 1.82) is 0 Å². The van der Waals surface area contributed by atoms with Crippen LogP contribution >= 0.6 is 0 Å². The van der Waals surface area contributed by atoms with E-state index in [4.69, 9.17) is 9.47 Å². The van der Waals surface area contributed by atoms with Gasteiger partial charge in [0.25, 0.3) is 0 Å². The largest absolute Gasteiger partial charge is 0.493 e. The van der Waals surface area contributed by atoms with Crippen LogP contribution < -0.4 is 14.8 Å². The van der Waals surface area contributed by atoms with Crippen molar-refractivity contribution >= 4 is 22.4 Å². The lowest BCUT2D eigenvalue weighted by Gasteiger charge is -2.18. The molecule has 3 aromatic carbocycles. The van der Waals surface area contributed by atoms with Gasteiger partial charge < -0.3 is 14.8 Å². The third-order valence-corrected chi connectivity index (χ3v) is 4.46. The van der Waals surface area contributed by atoms with E-state index in [0.29, 0.717) is 25.4 Å². The average Bonchev–Trinajstić information content (AvgIpc) is 2.69. The number of carbonyl (C=O) groups is 1. The third kappa shape index (κ3) is 4.81. The number of likely N-dealkylation sites (N-methyl/N-ethyl adjacent to an activating group) is 1. The minimum absolute atomic E-state index is 0.0447. The van der Waals surface area contributed by atoms with Crippen molar-refractivity contribution in [3.8, 4) is 11.5 Å². The number of hydrogen-bond donors (Lipinski definition) is 1.